The number of carbonyl (C=O) groups is 1. The molecule has 0 saturated carbocycles. The van der Waals surface area contributed by atoms with Crippen molar-refractivity contribution in [1.82, 2.24) is 25.3 Å². The van der Waals surface area contributed by atoms with Crippen LogP contribution in [0.2, 0.25) is 5.02 Å². The van der Waals surface area contributed by atoms with Crippen molar-refractivity contribution in [3.63, 3.8) is 0 Å². The summed E-state index contributed by atoms with van der Waals surface area (Å²) in [6, 6.07) is 8.01. The number of aromatic amines is 1. The minimum absolute atomic E-state index is 0.174. The van der Waals surface area contributed by atoms with E-state index in [2.05, 4.69) is 15.3 Å². The van der Waals surface area contributed by atoms with Gasteiger partial charge in [-0.15, -0.1) is 0 Å². The molecule has 0 unspecified atom stereocenters. The zero-order chi connectivity index (χ0) is 28.5. The fourth-order valence-electron chi connectivity index (χ4n) is 3.95. The predicted molar refractivity (Wildman–Crippen MR) is 126 cm³/mol. The molecule has 4 rings (SSSR count). The van der Waals surface area contributed by atoms with Crippen LogP contribution in [0.15, 0.2) is 48.8 Å². The number of hydrogen-bond donors (Lipinski definition) is 2. The molecule has 0 aliphatic rings. The van der Waals surface area contributed by atoms with Gasteiger partial charge in [0.1, 0.15) is 5.82 Å². The molecule has 2 aromatic carbocycles. The maximum atomic E-state index is 14.4. The lowest BCUT2D eigenvalue weighted by atomic mass is 10.0. The summed E-state index contributed by atoms with van der Waals surface area (Å²) in [6.45, 7) is 1.29. The molecule has 2 N–H and O–H groups in total. The highest BCUT2D eigenvalue weighted by molar-refractivity contribution is 6.30. The lowest BCUT2D eigenvalue weighted by Crippen LogP contribution is -2.28. The van der Waals surface area contributed by atoms with Crippen LogP contribution >= 0.6 is 11.6 Å². The van der Waals surface area contributed by atoms with Gasteiger partial charge in [-0.05, 0) is 35.7 Å². The van der Waals surface area contributed by atoms with Crippen LogP contribution in [-0.2, 0) is 31.9 Å². The largest absolute Gasteiger partial charge is 0.435 e. The minimum atomic E-state index is -5.05. The molecule has 0 atom stereocenters. The van der Waals surface area contributed by atoms with Crippen LogP contribution < -0.4 is 5.32 Å². The summed E-state index contributed by atoms with van der Waals surface area (Å²) < 4.78 is 97.0. The summed E-state index contributed by atoms with van der Waals surface area (Å²) in [4.78, 5) is 12.9. The van der Waals surface area contributed by atoms with Crippen molar-refractivity contribution in [2.45, 2.75) is 38.8 Å². The van der Waals surface area contributed by atoms with Crippen LogP contribution in [0, 0.1) is 12.7 Å². The van der Waals surface area contributed by atoms with Gasteiger partial charge in [-0.2, -0.15) is 36.5 Å². The van der Waals surface area contributed by atoms with Gasteiger partial charge in [0.15, 0.2) is 5.69 Å². The molecule has 6 nitrogen and oxygen atoms in total. The number of aryl methyl sites for hydroxylation is 1. The first-order chi connectivity index (χ1) is 18.2. The van der Waals surface area contributed by atoms with Crippen LogP contribution in [0.4, 0.5) is 30.7 Å². The number of H-pyrrole nitrogens is 1. The van der Waals surface area contributed by atoms with E-state index in [9.17, 15) is 35.5 Å². The van der Waals surface area contributed by atoms with Gasteiger partial charge >= 0.3 is 12.4 Å². The SMILES string of the molecule is Cc1cnn(Cc2ccc(Cc3[nH]nc(C(F)(F)F)c3C(=O)NCc3c(C(F)(F)F)ccc(Cl)c3F)cc2)c1. The van der Waals surface area contributed by atoms with Crippen LogP contribution in [-0.4, -0.2) is 25.9 Å². The summed E-state index contributed by atoms with van der Waals surface area (Å²) in [7, 11) is 0. The average Bonchev–Trinajstić information content (AvgIpc) is 3.46. The van der Waals surface area contributed by atoms with Crippen molar-refractivity contribution in [3.05, 3.63) is 104 Å². The van der Waals surface area contributed by atoms with Gasteiger partial charge in [-0.25, -0.2) is 4.39 Å². The van der Waals surface area contributed by atoms with E-state index >= 15 is 0 Å². The quantitative estimate of drug-likeness (QED) is 0.254. The van der Waals surface area contributed by atoms with Crippen molar-refractivity contribution in [3.8, 4) is 0 Å². The highest BCUT2D eigenvalue weighted by Gasteiger charge is 2.41. The number of nitrogens with zero attached hydrogens (tertiary/aromatic N) is 3. The number of halogens is 8. The van der Waals surface area contributed by atoms with E-state index in [4.69, 9.17) is 11.6 Å². The lowest BCUT2D eigenvalue weighted by Gasteiger charge is -2.15. The third kappa shape index (κ3) is 6.41. The third-order valence-corrected chi connectivity index (χ3v) is 6.07. The topological polar surface area (TPSA) is 75.6 Å². The molecule has 0 fully saturated rings. The predicted octanol–water partition coefficient (Wildman–Crippen LogP) is 6.31. The Bertz CT molecular complexity index is 1490. The fourth-order valence-corrected chi connectivity index (χ4v) is 4.13. The van der Waals surface area contributed by atoms with E-state index in [0.29, 0.717) is 24.2 Å². The number of nitrogens with one attached hydrogen (secondary N) is 2. The van der Waals surface area contributed by atoms with E-state index in [1.165, 1.54) is 0 Å². The molecule has 0 bridgehead atoms. The molecule has 0 aliphatic carbocycles. The van der Waals surface area contributed by atoms with Crippen LogP contribution in [0.3, 0.4) is 0 Å². The highest BCUT2D eigenvalue weighted by Crippen LogP contribution is 2.36. The molecule has 0 aliphatic heterocycles. The van der Waals surface area contributed by atoms with E-state index in [-0.39, 0.29) is 12.1 Å². The number of rotatable bonds is 7. The molecule has 0 saturated heterocycles. The lowest BCUT2D eigenvalue weighted by molar-refractivity contribution is -0.141. The molecule has 206 valence electrons. The Morgan fingerprint density at radius 1 is 1.03 bits per heavy atom. The molecule has 0 radical (unpaired) electrons. The van der Waals surface area contributed by atoms with Gasteiger partial charge in [0.2, 0.25) is 0 Å². The van der Waals surface area contributed by atoms with Crippen LogP contribution in [0.1, 0.15) is 49.6 Å². The maximum Gasteiger partial charge on any atom is 0.435 e. The summed E-state index contributed by atoms with van der Waals surface area (Å²) in [6.07, 6.45) is -6.68. The van der Waals surface area contributed by atoms with Crippen molar-refractivity contribution in [2.75, 3.05) is 0 Å². The maximum absolute atomic E-state index is 14.4. The van der Waals surface area contributed by atoms with E-state index in [0.717, 1.165) is 11.1 Å². The number of hydrogen-bond acceptors (Lipinski definition) is 3. The number of alkyl halides is 6. The van der Waals surface area contributed by atoms with Gasteiger partial charge in [-0.1, -0.05) is 35.9 Å². The zero-order valence-corrected chi connectivity index (χ0v) is 20.8. The van der Waals surface area contributed by atoms with Gasteiger partial charge < -0.3 is 5.32 Å². The second-order valence-electron chi connectivity index (χ2n) is 8.70. The average molecular weight is 574 g/mol. The first-order valence-corrected chi connectivity index (χ1v) is 11.7. The first kappa shape index (κ1) is 28.1. The van der Waals surface area contributed by atoms with E-state index < -0.39 is 58.0 Å². The monoisotopic (exact) mass is 573 g/mol. The molecule has 2 heterocycles. The summed E-state index contributed by atoms with van der Waals surface area (Å²) in [5.41, 5.74) is -2.74. The molecular weight excluding hydrogens is 555 g/mol. The molecular formula is C25H19ClF7N5O. The Morgan fingerprint density at radius 2 is 1.69 bits per heavy atom. The van der Waals surface area contributed by atoms with Gasteiger partial charge in [0, 0.05) is 24.7 Å². The van der Waals surface area contributed by atoms with E-state index in [1.54, 1.807) is 35.1 Å². The first-order valence-electron chi connectivity index (χ1n) is 11.3. The molecule has 4 aromatic rings. The Hall–Kier alpha value is -3.87. The van der Waals surface area contributed by atoms with Crippen molar-refractivity contribution in [1.29, 1.82) is 0 Å². The van der Waals surface area contributed by atoms with Crippen molar-refractivity contribution < 1.29 is 35.5 Å². The molecule has 2 aromatic heterocycles. The summed E-state index contributed by atoms with van der Waals surface area (Å²) in [5.74, 6) is -2.83. The minimum Gasteiger partial charge on any atom is -0.348 e. The smallest absolute Gasteiger partial charge is 0.348 e. The van der Waals surface area contributed by atoms with Gasteiger partial charge in [-0.3, -0.25) is 14.6 Å². The van der Waals surface area contributed by atoms with Crippen molar-refractivity contribution >= 4 is 17.5 Å². The number of aromatic nitrogens is 4. The van der Waals surface area contributed by atoms with Gasteiger partial charge in [0.25, 0.3) is 5.91 Å². The third-order valence-electron chi connectivity index (χ3n) is 5.77. The molecule has 1 amide bonds. The Labute approximate surface area is 221 Å². The highest BCUT2D eigenvalue weighted by atomic mass is 35.5. The van der Waals surface area contributed by atoms with Gasteiger partial charge in [0.05, 0.1) is 34.6 Å². The molecule has 14 heteroatoms. The normalized spacial score (nSPS) is 12.1. The molecule has 39 heavy (non-hydrogen) atoms. The Kier molecular flexibility index (Phi) is 7.73. The van der Waals surface area contributed by atoms with Crippen molar-refractivity contribution in [2.24, 2.45) is 0 Å². The summed E-state index contributed by atoms with van der Waals surface area (Å²) >= 11 is 5.59. The van der Waals surface area contributed by atoms with Crippen LogP contribution in [0.5, 0.6) is 0 Å². The Morgan fingerprint density at radius 3 is 2.28 bits per heavy atom. The Balaban J connectivity index is 1.58. The second-order valence-corrected chi connectivity index (χ2v) is 9.11. The number of carbonyl (C=O) groups excluding carboxylic acids is 1. The van der Waals surface area contributed by atoms with E-state index in [1.807, 2.05) is 18.4 Å². The number of benzene rings is 2. The second kappa shape index (κ2) is 10.7. The number of amides is 1. The molecule has 0 spiro atoms. The standard InChI is InChI=1S/C25H19ClF7N5O/c1-13-9-35-38(11-13)12-15-4-2-14(3-5-15)8-19-20(22(37-36-19)25(31,32)33)23(39)34-10-16-17(24(28,29)30)6-7-18(26)21(16)27/h2-7,9,11H,8,10,12H2,1H3,(H,34,39)(H,36,37). The summed E-state index contributed by atoms with van der Waals surface area (Å²) in [5, 5.41) is 10.9. The zero-order valence-electron chi connectivity index (χ0n) is 20.0. The fraction of sp³-hybridized carbons (Fsp3) is 0.240. The van der Waals surface area contributed by atoms with Crippen LogP contribution in [0.25, 0.3) is 0 Å².